The van der Waals surface area contributed by atoms with E-state index in [-0.39, 0.29) is 0 Å². The van der Waals surface area contributed by atoms with Gasteiger partial charge in [-0.05, 0) is 26.3 Å². The van der Waals surface area contributed by atoms with E-state index in [1.807, 2.05) is 0 Å². The zero-order valence-corrected chi connectivity index (χ0v) is 10.4. The molecule has 1 saturated heterocycles. The Morgan fingerprint density at radius 1 is 1.33 bits per heavy atom. The lowest BCUT2D eigenvalue weighted by Crippen LogP contribution is -2.40. The fraction of sp³-hybridized carbons (Fsp3) is 1.00. The number of halogens is 1. The van der Waals surface area contributed by atoms with Gasteiger partial charge in [0.1, 0.15) is 0 Å². The van der Waals surface area contributed by atoms with Crippen LogP contribution in [-0.4, -0.2) is 56.2 Å². The molecule has 0 saturated carbocycles. The number of rotatable bonds is 7. The van der Waals surface area contributed by atoms with Crippen molar-refractivity contribution < 1.29 is 4.74 Å². The summed E-state index contributed by atoms with van der Waals surface area (Å²) in [6, 6.07) is 0. The Kier molecular flexibility index (Phi) is 7.36. The fourth-order valence-electron chi connectivity index (χ4n) is 1.70. The van der Waals surface area contributed by atoms with Crippen LogP contribution in [0.3, 0.4) is 0 Å². The quantitative estimate of drug-likeness (QED) is 0.531. The molecule has 3 nitrogen and oxygen atoms in total. The monoisotopic (exact) mass is 234 g/mol. The van der Waals surface area contributed by atoms with Crippen molar-refractivity contribution in [3.05, 3.63) is 0 Å². The first-order valence-electron chi connectivity index (χ1n) is 5.94. The maximum atomic E-state index is 5.86. The summed E-state index contributed by atoms with van der Waals surface area (Å²) < 4.78 is 5.29. The highest BCUT2D eigenvalue weighted by Crippen LogP contribution is 2.02. The number of morpholine rings is 1. The lowest BCUT2D eigenvalue weighted by atomic mass is 10.2. The molecule has 1 atom stereocenters. The molecule has 0 spiro atoms. The molecule has 0 aromatic heterocycles. The molecule has 1 N–H and O–H groups in total. The average Bonchev–Trinajstić information content (AvgIpc) is 2.24. The van der Waals surface area contributed by atoms with Gasteiger partial charge in [-0.15, -0.1) is 11.6 Å². The van der Waals surface area contributed by atoms with Crippen molar-refractivity contribution in [2.45, 2.75) is 25.1 Å². The SMILES string of the molecule is CC(Cl)CCCNCCN1CCOCC1. The molecule has 0 bridgehead atoms. The third-order valence-corrected chi connectivity index (χ3v) is 2.88. The first kappa shape index (κ1) is 13.2. The largest absolute Gasteiger partial charge is 0.379 e. The Morgan fingerprint density at radius 2 is 2.07 bits per heavy atom. The Labute approximate surface area is 98.1 Å². The smallest absolute Gasteiger partial charge is 0.0594 e. The highest BCUT2D eigenvalue weighted by molar-refractivity contribution is 6.20. The third kappa shape index (κ3) is 7.12. The second kappa shape index (κ2) is 8.34. The minimum atomic E-state index is 0.311. The van der Waals surface area contributed by atoms with E-state index in [4.69, 9.17) is 16.3 Å². The maximum Gasteiger partial charge on any atom is 0.0594 e. The Morgan fingerprint density at radius 3 is 2.73 bits per heavy atom. The zero-order valence-electron chi connectivity index (χ0n) is 9.67. The van der Waals surface area contributed by atoms with Crippen LogP contribution >= 0.6 is 11.6 Å². The summed E-state index contributed by atoms with van der Waals surface area (Å²) in [5.74, 6) is 0. The summed E-state index contributed by atoms with van der Waals surface area (Å²) in [7, 11) is 0. The summed E-state index contributed by atoms with van der Waals surface area (Å²) in [6.07, 6.45) is 2.28. The molecule has 15 heavy (non-hydrogen) atoms. The second-order valence-corrected chi connectivity index (χ2v) is 4.87. The van der Waals surface area contributed by atoms with E-state index in [1.54, 1.807) is 0 Å². The summed E-state index contributed by atoms with van der Waals surface area (Å²) in [4.78, 5) is 2.45. The summed E-state index contributed by atoms with van der Waals surface area (Å²) in [5, 5.41) is 3.76. The van der Waals surface area contributed by atoms with Gasteiger partial charge in [-0.1, -0.05) is 0 Å². The lowest BCUT2D eigenvalue weighted by molar-refractivity contribution is 0.0384. The number of alkyl halides is 1. The number of hydrogen-bond donors (Lipinski definition) is 1. The van der Waals surface area contributed by atoms with Crippen LogP contribution in [-0.2, 0) is 4.74 Å². The molecule has 0 amide bonds. The Hall–Kier alpha value is 0.170. The Balaban J connectivity index is 1.83. The van der Waals surface area contributed by atoms with Gasteiger partial charge in [-0.3, -0.25) is 4.90 Å². The van der Waals surface area contributed by atoms with Gasteiger partial charge in [-0.25, -0.2) is 0 Å². The third-order valence-electron chi connectivity index (χ3n) is 2.66. The number of nitrogens with zero attached hydrogens (tertiary/aromatic N) is 1. The van der Waals surface area contributed by atoms with Gasteiger partial charge in [-0.2, -0.15) is 0 Å². The minimum absolute atomic E-state index is 0.311. The van der Waals surface area contributed by atoms with Crippen LogP contribution < -0.4 is 5.32 Å². The molecule has 1 fully saturated rings. The predicted molar refractivity (Wildman–Crippen MR) is 64.7 cm³/mol. The molecule has 1 aliphatic rings. The molecule has 90 valence electrons. The van der Waals surface area contributed by atoms with Crippen LogP contribution in [0.2, 0.25) is 0 Å². The molecule has 0 aromatic carbocycles. The molecule has 4 heteroatoms. The molecule has 0 aliphatic carbocycles. The van der Waals surface area contributed by atoms with Crippen LogP contribution in [0, 0.1) is 0 Å². The molecule has 0 radical (unpaired) electrons. The van der Waals surface area contributed by atoms with Crippen molar-refractivity contribution in [2.75, 3.05) is 45.9 Å². The normalized spacial score (nSPS) is 20.4. The van der Waals surface area contributed by atoms with Crippen molar-refractivity contribution in [3.8, 4) is 0 Å². The van der Waals surface area contributed by atoms with Crippen molar-refractivity contribution in [3.63, 3.8) is 0 Å². The molecule has 1 unspecified atom stereocenters. The van der Waals surface area contributed by atoms with Gasteiger partial charge in [0, 0.05) is 31.6 Å². The van der Waals surface area contributed by atoms with Crippen LogP contribution in [0.4, 0.5) is 0 Å². The summed E-state index contributed by atoms with van der Waals surface area (Å²) in [5.41, 5.74) is 0. The van der Waals surface area contributed by atoms with Gasteiger partial charge >= 0.3 is 0 Å². The highest BCUT2D eigenvalue weighted by Gasteiger charge is 2.08. The molecule has 1 aliphatic heterocycles. The Bertz CT molecular complexity index is 150. The van der Waals surface area contributed by atoms with Crippen molar-refractivity contribution in [1.82, 2.24) is 10.2 Å². The van der Waals surface area contributed by atoms with Crippen LogP contribution in [0.1, 0.15) is 19.8 Å². The molecule has 0 aromatic rings. The van der Waals surface area contributed by atoms with E-state index < -0.39 is 0 Å². The fourth-order valence-corrected chi connectivity index (χ4v) is 1.85. The zero-order chi connectivity index (χ0) is 10.9. The van der Waals surface area contributed by atoms with Gasteiger partial charge in [0.05, 0.1) is 13.2 Å². The van der Waals surface area contributed by atoms with Crippen LogP contribution in [0.25, 0.3) is 0 Å². The van der Waals surface area contributed by atoms with E-state index in [2.05, 4.69) is 17.1 Å². The van der Waals surface area contributed by atoms with Gasteiger partial charge < -0.3 is 10.1 Å². The molecule has 1 heterocycles. The average molecular weight is 235 g/mol. The molecular formula is C11H23ClN2O. The summed E-state index contributed by atoms with van der Waals surface area (Å²) >= 11 is 5.86. The van der Waals surface area contributed by atoms with Crippen LogP contribution in [0.5, 0.6) is 0 Å². The van der Waals surface area contributed by atoms with Gasteiger partial charge in [0.15, 0.2) is 0 Å². The molecule has 1 rings (SSSR count). The van der Waals surface area contributed by atoms with Gasteiger partial charge in [0.25, 0.3) is 0 Å². The predicted octanol–water partition coefficient (Wildman–Crippen LogP) is 1.32. The second-order valence-electron chi connectivity index (χ2n) is 4.13. The van der Waals surface area contributed by atoms with E-state index in [1.165, 1.54) is 6.42 Å². The summed E-state index contributed by atoms with van der Waals surface area (Å²) in [6.45, 7) is 9.31. The van der Waals surface area contributed by atoms with E-state index in [9.17, 15) is 0 Å². The van der Waals surface area contributed by atoms with Crippen molar-refractivity contribution >= 4 is 11.6 Å². The van der Waals surface area contributed by atoms with E-state index in [0.717, 1.165) is 52.4 Å². The number of hydrogen-bond acceptors (Lipinski definition) is 3. The standard InChI is InChI=1S/C11H23ClN2O/c1-11(12)3-2-4-13-5-6-14-7-9-15-10-8-14/h11,13H,2-10H2,1H3. The van der Waals surface area contributed by atoms with Gasteiger partial charge in [0.2, 0.25) is 0 Å². The maximum absolute atomic E-state index is 5.86. The first-order valence-corrected chi connectivity index (χ1v) is 6.37. The molecular weight excluding hydrogens is 212 g/mol. The topological polar surface area (TPSA) is 24.5 Å². The van der Waals surface area contributed by atoms with E-state index in [0.29, 0.717) is 5.38 Å². The lowest BCUT2D eigenvalue weighted by Gasteiger charge is -2.26. The van der Waals surface area contributed by atoms with Crippen LogP contribution in [0.15, 0.2) is 0 Å². The number of nitrogens with one attached hydrogen (secondary N) is 1. The minimum Gasteiger partial charge on any atom is -0.379 e. The highest BCUT2D eigenvalue weighted by atomic mass is 35.5. The number of ether oxygens (including phenoxy) is 1. The van der Waals surface area contributed by atoms with Crippen molar-refractivity contribution in [2.24, 2.45) is 0 Å². The first-order chi connectivity index (χ1) is 7.29. The van der Waals surface area contributed by atoms with Crippen molar-refractivity contribution in [1.29, 1.82) is 0 Å². The van der Waals surface area contributed by atoms with E-state index >= 15 is 0 Å².